The minimum absolute atomic E-state index is 0.161. The molecule has 0 saturated carbocycles. The molecule has 4 rings (SSSR count). The van der Waals surface area contributed by atoms with Gasteiger partial charge in [0.15, 0.2) is 0 Å². The zero-order chi connectivity index (χ0) is 19.1. The highest BCUT2D eigenvalue weighted by Crippen LogP contribution is 2.31. The Morgan fingerprint density at radius 2 is 2.07 bits per heavy atom. The van der Waals surface area contributed by atoms with Gasteiger partial charge >= 0.3 is 0 Å². The molecule has 1 N–H and O–H groups in total. The summed E-state index contributed by atoms with van der Waals surface area (Å²) in [5.74, 6) is -0.728. The summed E-state index contributed by atoms with van der Waals surface area (Å²) in [6.07, 6.45) is 1.30. The first-order valence-electron chi connectivity index (χ1n) is 8.37. The number of carbonyl (C=O) groups excluding carboxylic acids is 1. The monoisotopic (exact) mass is 381 g/mol. The molecule has 0 atom stereocenters. The van der Waals surface area contributed by atoms with Crippen LogP contribution in [0.1, 0.15) is 11.1 Å². The van der Waals surface area contributed by atoms with Crippen molar-refractivity contribution in [1.82, 2.24) is 9.55 Å². The molecule has 0 radical (unpaired) electrons. The maximum absolute atomic E-state index is 14.1. The number of rotatable bonds is 3. The standard InChI is InChI=1S/C20H16FN3O2S/c1-11-6-7-14(12(2)8-11)23-16(25)9-24-10-22-18-17-13(21)4-3-5-15(17)27-19(18)20(24)26/h3-8,10H,9H2,1-2H3,(H,23,25). The fourth-order valence-corrected chi connectivity index (χ4v) is 4.20. The summed E-state index contributed by atoms with van der Waals surface area (Å²) >= 11 is 1.18. The molecule has 27 heavy (non-hydrogen) atoms. The highest BCUT2D eigenvalue weighted by Gasteiger charge is 2.16. The number of hydrogen-bond acceptors (Lipinski definition) is 4. The van der Waals surface area contributed by atoms with Crippen LogP contribution in [0, 0.1) is 19.7 Å². The molecule has 0 bridgehead atoms. The van der Waals surface area contributed by atoms with Crippen LogP contribution in [-0.4, -0.2) is 15.5 Å². The molecular formula is C20H16FN3O2S. The van der Waals surface area contributed by atoms with Crippen LogP contribution in [0.5, 0.6) is 0 Å². The zero-order valence-corrected chi connectivity index (χ0v) is 15.6. The van der Waals surface area contributed by atoms with Gasteiger partial charge in [-0.25, -0.2) is 9.37 Å². The van der Waals surface area contributed by atoms with Gasteiger partial charge in [-0.15, -0.1) is 11.3 Å². The SMILES string of the molecule is Cc1ccc(NC(=O)Cn2cnc3c(sc4cccc(F)c43)c2=O)c(C)c1. The van der Waals surface area contributed by atoms with Crippen LogP contribution < -0.4 is 10.9 Å². The quantitative estimate of drug-likeness (QED) is 0.583. The van der Waals surface area contributed by atoms with E-state index >= 15 is 0 Å². The molecule has 1 amide bonds. The number of amides is 1. The molecule has 2 aromatic carbocycles. The van der Waals surface area contributed by atoms with Crippen LogP contribution in [0.15, 0.2) is 47.5 Å². The molecule has 0 aliphatic heterocycles. The van der Waals surface area contributed by atoms with Crippen LogP contribution in [-0.2, 0) is 11.3 Å². The van der Waals surface area contributed by atoms with Gasteiger partial charge in [0.1, 0.15) is 17.1 Å². The van der Waals surface area contributed by atoms with Gasteiger partial charge in [-0.1, -0.05) is 23.8 Å². The molecular weight excluding hydrogens is 365 g/mol. The average Bonchev–Trinajstić information content (AvgIpc) is 3.01. The molecule has 4 aromatic rings. The smallest absolute Gasteiger partial charge is 0.271 e. The minimum atomic E-state index is -0.406. The van der Waals surface area contributed by atoms with E-state index in [1.807, 2.05) is 32.0 Å². The lowest BCUT2D eigenvalue weighted by Gasteiger charge is -2.10. The van der Waals surface area contributed by atoms with Crippen molar-refractivity contribution in [1.29, 1.82) is 0 Å². The number of halogens is 1. The number of aryl methyl sites for hydroxylation is 2. The van der Waals surface area contributed by atoms with E-state index < -0.39 is 5.82 Å². The predicted molar refractivity (Wildman–Crippen MR) is 106 cm³/mol. The van der Waals surface area contributed by atoms with Gasteiger partial charge in [0.2, 0.25) is 5.91 Å². The summed E-state index contributed by atoms with van der Waals surface area (Å²) < 4.78 is 16.3. The molecule has 0 spiro atoms. The van der Waals surface area contributed by atoms with E-state index in [0.29, 0.717) is 26.0 Å². The second kappa shape index (κ2) is 6.59. The van der Waals surface area contributed by atoms with E-state index in [0.717, 1.165) is 11.1 Å². The Bertz CT molecular complexity index is 1260. The highest BCUT2D eigenvalue weighted by molar-refractivity contribution is 7.25. The lowest BCUT2D eigenvalue weighted by molar-refractivity contribution is -0.116. The number of anilines is 1. The van der Waals surface area contributed by atoms with Crippen LogP contribution in [0.3, 0.4) is 0 Å². The number of nitrogens with zero attached hydrogens (tertiary/aromatic N) is 2. The van der Waals surface area contributed by atoms with Gasteiger partial charge in [0.05, 0.1) is 17.2 Å². The molecule has 0 saturated heterocycles. The lowest BCUT2D eigenvalue weighted by Crippen LogP contribution is -2.27. The van der Waals surface area contributed by atoms with Crippen LogP contribution in [0.25, 0.3) is 20.3 Å². The summed E-state index contributed by atoms with van der Waals surface area (Å²) in [5.41, 5.74) is 2.75. The Kier molecular flexibility index (Phi) is 4.24. The third-order valence-electron chi connectivity index (χ3n) is 4.39. The van der Waals surface area contributed by atoms with Gasteiger partial charge in [0.25, 0.3) is 5.56 Å². The minimum Gasteiger partial charge on any atom is -0.324 e. The molecule has 0 aliphatic rings. The molecule has 136 valence electrons. The number of aromatic nitrogens is 2. The van der Waals surface area contributed by atoms with Crippen LogP contribution in [0.2, 0.25) is 0 Å². The van der Waals surface area contributed by atoms with E-state index in [4.69, 9.17) is 0 Å². The number of hydrogen-bond donors (Lipinski definition) is 1. The molecule has 5 nitrogen and oxygen atoms in total. The van der Waals surface area contributed by atoms with Gasteiger partial charge in [0, 0.05) is 10.4 Å². The number of benzene rings is 2. The highest BCUT2D eigenvalue weighted by atomic mass is 32.1. The van der Waals surface area contributed by atoms with Crippen molar-refractivity contribution in [3.63, 3.8) is 0 Å². The maximum atomic E-state index is 14.1. The lowest BCUT2D eigenvalue weighted by atomic mass is 10.1. The maximum Gasteiger partial charge on any atom is 0.271 e. The van der Waals surface area contributed by atoms with Crippen molar-refractivity contribution in [3.8, 4) is 0 Å². The van der Waals surface area contributed by atoms with Crippen LogP contribution >= 0.6 is 11.3 Å². The Hall–Kier alpha value is -3.06. The second-order valence-electron chi connectivity index (χ2n) is 6.44. The van der Waals surface area contributed by atoms with Crippen molar-refractivity contribution in [2.75, 3.05) is 5.32 Å². The summed E-state index contributed by atoms with van der Waals surface area (Å²) in [5, 5.41) is 3.16. The molecule has 0 unspecified atom stereocenters. The molecule has 0 fully saturated rings. The summed E-state index contributed by atoms with van der Waals surface area (Å²) in [4.78, 5) is 29.4. The molecule has 2 aromatic heterocycles. The summed E-state index contributed by atoms with van der Waals surface area (Å²) in [6, 6.07) is 10.4. The van der Waals surface area contributed by atoms with Crippen molar-refractivity contribution in [3.05, 3.63) is 70.0 Å². The first-order valence-corrected chi connectivity index (χ1v) is 9.19. The van der Waals surface area contributed by atoms with E-state index in [1.54, 1.807) is 12.1 Å². The topological polar surface area (TPSA) is 64.0 Å². The second-order valence-corrected chi connectivity index (χ2v) is 7.49. The Labute approximate surface area is 158 Å². The average molecular weight is 381 g/mol. The van der Waals surface area contributed by atoms with E-state index in [-0.39, 0.29) is 18.0 Å². The molecule has 7 heteroatoms. The Morgan fingerprint density at radius 3 is 2.85 bits per heavy atom. The molecule has 0 aliphatic carbocycles. The van der Waals surface area contributed by atoms with Gasteiger partial charge in [-0.05, 0) is 37.6 Å². The van der Waals surface area contributed by atoms with E-state index in [1.165, 1.54) is 28.3 Å². The van der Waals surface area contributed by atoms with Crippen molar-refractivity contribution in [2.45, 2.75) is 20.4 Å². The normalized spacial score (nSPS) is 11.2. The predicted octanol–water partition coefficient (Wildman–Crippen LogP) is 4.01. The fraction of sp³-hybridized carbons (Fsp3) is 0.150. The Balaban J connectivity index is 1.67. The zero-order valence-electron chi connectivity index (χ0n) is 14.7. The van der Waals surface area contributed by atoms with Gasteiger partial charge in [-0.2, -0.15) is 0 Å². The molecule has 2 heterocycles. The third-order valence-corrected chi connectivity index (χ3v) is 5.52. The number of nitrogens with one attached hydrogen (secondary N) is 1. The van der Waals surface area contributed by atoms with Crippen LogP contribution in [0.4, 0.5) is 10.1 Å². The first-order chi connectivity index (χ1) is 12.9. The van der Waals surface area contributed by atoms with Crippen molar-refractivity contribution in [2.24, 2.45) is 0 Å². The van der Waals surface area contributed by atoms with Crippen molar-refractivity contribution < 1.29 is 9.18 Å². The van der Waals surface area contributed by atoms with Crippen molar-refractivity contribution >= 4 is 43.2 Å². The number of thiophene rings is 1. The largest absolute Gasteiger partial charge is 0.324 e. The van der Waals surface area contributed by atoms with E-state index in [2.05, 4.69) is 10.3 Å². The summed E-state index contributed by atoms with van der Waals surface area (Å²) in [6.45, 7) is 3.73. The summed E-state index contributed by atoms with van der Waals surface area (Å²) in [7, 11) is 0. The fourth-order valence-electron chi connectivity index (χ4n) is 3.08. The van der Waals surface area contributed by atoms with Gasteiger partial charge < -0.3 is 5.32 Å². The first kappa shape index (κ1) is 17.4. The third kappa shape index (κ3) is 3.10. The number of fused-ring (bicyclic) bond motifs is 3. The Morgan fingerprint density at radius 1 is 1.26 bits per heavy atom. The van der Waals surface area contributed by atoms with Gasteiger partial charge in [-0.3, -0.25) is 14.2 Å². The number of carbonyl (C=O) groups is 1. The van der Waals surface area contributed by atoms with E-state index in [9.17, 15) is 14.0 Å².